The Bertz CT molecular complexity index is 647. The topological polar surface area (TPSA) is 52.3 Å². The number of nitrogens with two attached hydrogens (primary N) is 1. The van der Waals surface area contributed by atoms with Crippen LogP contribution in [0.2, 0.25) is 0 Å². The van der Waals surface area contributed by atoms with Crippen molar-refractivity contribution in [1.82, 2.24) is 0 Å². The summed E-state index contributed by atoms with van der Waals surface area (Å²) in [5.74, 6) is 1.08. The standard InChI is InChI=1S/C15H17NO2S/c1-2-9-19-15-12-5-8-17-13(12)10(3-6-16)11-4-7-18-14(11)15/h4-5,7-8H,2-3,6,9,16H2,1H3. The normalized spacial score (nSPS) is 11.7. The van der Waals surface area contributed by atoms with Crippen molar-refractivity contribution in [3.8, 4) is 0 Å². The van der Waals surface area contributed by atoms with Crippen molar-refractivity contribution in [3.63, 3.8) is 0 Å². The number of furan rings is 2. The largest absolute Gasteiger partial charge is 0.464 e. The van der Waals surface area contributed by atoms with E-state index in [9.17, 15) is 0 Å². The Hall–Kier alpha value is -1.39. The third-order valence-corrected chi connectivity index (χ3v) is 4.53. The van der Waals surface area contributed by atoms with E-state index in [4.69, 9.17) is 14.6 Å². The van der Waals surface area contributed by atoms with Crippen LogP contribution in [0.5, 0.6) is 0 Å². The number of benzene rings is 1. The quantitative estimate of drug-likeness (QED) is 0.710. The van der Waals surface area contributed by atoms with E-state index in [0.29, 0.717) is 6.54 Å². The second kappa shape index (κ2) is 5.31. The molecule has 0 amide bonds. The molecule has 3 nitrogen and oxygen atoms in total. The predicted molar refractivity (Wildman–Crippen MR) is 79.8 cm³/mol. The molecule has 2 N–H and O–H groups in total. The van der Waals surface area contributed by atoms with Crippen molar-refractivity contribution in [3.05, 3.63) is 30.2 Å². The van der Waals surface area contributed by atoms with Gasteiger partial charge in [-0.2, -0.15) is 0 Å². The van der Waals surface area contributed by atoms with Crippen LogP contribution in [-0.2, 0) is 6.42 Å². The van der Waals surface area contributed by atoms with E-state index in [1.165, 1.54) is 4.90 Å². The van der Waals surface area contributed by atoms with E-state index in [1.54, 1.807) is 12.5 Å². The van der Waals surface area contributed by atoms with Gasteiger partial charge in [0.15, 0.2) is 0 Å². The van der Waals surface area contributed by atoms with Crippen LogP contribution < -0.4 is 5.73 Å². The monoisotopic (exact) mass is 275 g/mol. The molecule has 0 aliphatic carbocycles. The third kappa shape index (κ3) is 2.05. The predicted octanol–water partition coefficient (Wildman–Crippen LogP) is 4.18. The van der Waals surface area contributed by atoms with Gasteiger partial charge < -0.3 is 14.6 Å². The fraction of sp³-hybridized carbons (Fsp3) is 0.333. The van der Waals surface area contributed by atoms with Crippen molar-refractivity contribution in [1.29, 1.82) is 0 Å². The Labute approximate surface area is 116 Å². The van der Waals surface area contributed by atoms with Crippen LogP contribution in [0.1, 0.15) is 18.9 Å². The molecule has 19 heavy (non-hydrogen) atoms. The van der Waals surface area contributed by atoms with Crippen molar-refractivity contribution >= 4 is 33.7 Å². The second-order valence-corrected chi connectivity index (χ2v) is 5.63. The first-order valence-corrected chi connectivity index (χ1v) is 7.57. The van der Waals surface area contributed by atoms with E-state index >= 15 is 0 Å². The third-order valence-electron chi connectivity index (χ3n) is 3.23. The summed E-state index contributed by atoms with van der Waals surface area (Å²) in [5, 5.41) is 2.27. The Balaban J connectivity index is 2.30. The van der Waals surface area contributed by atoms with Crippen LogP contribution in [0.25, 0.3) is 21.9 Å². The zero-order valence-electron chi connectivity index (χ0n) is 10.9. The maximum Gasteiger partial charge on any atom is 0.148 e. The van der Waals surface area contributed by atoms with Crippen LogP contribution in [0, 0.1) is 0 Å². The van der Waals surface area contributed by atoms with Gasteiger partial charge in [-0.15, -0.1) is 11.8 Å². The van der Waals surface area contributed by atoms with E-state index in [2.05, 4.69) is 6.92 Å². The summed E-state index contributed by atoms with van der Waals surface area (Å²) in [6, 6.07) is 4.04. The fourth-order valence-corrected chi connectivity index (χ4v) is 3.44. The molecule has 0 radical (unpaired) electrons. The lowest BCUT2D eigenvalue weighted by molar-refractivity contribution is 0.604. The van der Waals surface area contributed by atoms with Gasteiger partial charge >= 0.3 is 0 Å². The van der Waals surface area contributed by atoms with E-state index < -0.39 is 0 Å². The number of fused-ring (bicyclic) bond motifs is 2. The molecule has 0 saturated carbocycles. The van der Waals surface area contributed by atoms with Gasteiger partial charge in [0.2, 0.25) is 0 Å². The highest BCUT2D eigenvalue weighted by Gasteiger charge is 2.18. The maximum atomic E-state index is 5.72. The molecule has 0 saturated heterocycles. The minimum atomic E-state index is 0.609. The first-order chi connectivity index (χ1) is 9.36. The summed E-state index contributed by atoms with van der Waals surface area (Å²) < 4.78 is 11.4. The van der Waals surface area contributed by atoms with Crippen molar-refractivity contribution < 1.29 is 8.83 Å². The molecule has 3 aromatic rings. The Morgan fingerprint density at radius 1 is 1.11 bits per heavy atom. The average Bonchev–Trinajstić information content (AvgIpc) is 3.06. The van der Waals surface area contributed by atoms with Gasteiger partial charge in [-0.25, -0.2) is 0 Å². The first-order valence-electron chi connectivity index (χ1n) is 6.59. The minimum absolute atomic E-state index is 0.609. The molecule has 0 bridgehead atoms. The summed E-state index contributed by atoms with van der Waals surface area (Å²) >= 11 is 1.83. The summed E-state index contributed by atoms with van der Waals surface area (Å²) in [5.41, 5.74) is 8.80. The number of thioether (sulfide) groups is 1. The second-order valence-electron chi connectivity index (χ2n) is 4.52. The lowest BCUT2D eigenvalue weighted by atomic mass is 10.0. The van der Waals surface area contributed by atoms with Gasteiger partial charge in [0.25, 0.3) is 0 Å². The van der Waals surface area contributed by atoms with Gasteiger partial charge in [-0.1, -0.05) is 6.92 Å². The van der Waals surface area contributed by atoms with Crippen molar-refractivity contribution in [2.45, 2.75) is 24.7 Å². The van der Waals surface area contributed by atoms with Crippen LogP contribution in [-0.4, -0.2) is 12.3 Å². The molecule has 2 aromatic heterocycles. The van der Waals surface area contributed by atoms with Crippen LogP contribution >= 0.6 is 11.8 Å². The number of rotatable bonds is 5. The molecule has 1 aromatic carbocycles. The van der Waals surface area contributed by atoms with Crippen molar-refractivity contribution in [2.75, 3.05) is 12.3 Å². The van der Waals surface area contributed by atoms with E-state index in [1.807, 2.05) is 23.9 Å². The van der Waals surface area contributed by atoms with Crippen LogP contribution in [0.3, 0.4) is 0 Å². The SMILES string of the molecule is CCCSc1c2ccoc2c(CCN)c2ccoc12. The summed E-state index contributed by atoms with van der Waals surface area (Å²) in [4.78, 5) is 1.19. The zero-order valence-corrected chi connectivity index (χ0v) is 11.8. The molecule has 0 spiro atoms. The van der Waals surface area contributed by atoms with Gasteiger partial charge in [0.1, 0.15) is 11.2 Å². The molecule has 2 heterocycles. The molecule has 100 valence electrons. The summed E-state index contributed by atoms with van der Waals surface area (Å²) in [7, 11) is 0. The molecular weight excluding hydrogens is 258 g/mol. The highest BCUT2D eigenvalue weighted by molar-refractivity contribution is 7.99. The molecule has 4 heteroatoms. The smallest absolute Gasteiger partial charge is 0.148 e. The lowest BCUT2D eigenvalue weighted by Gasteiger charge is -2.08. The Morgan fingerprint density at radius 3 is 2.58 bits per heavy atom. The minimum Gasteiger partial charge on any atom is -0.464 e. The summed E-state index contributed by atoms with van der Waals surface area (Å²) in [6.45, 7) is 2.79. The van der Waals surface area contributed by atoms with E-state index in [-0.39, 0.29) is 0 Å². The highest BCUT2D eigenvalue weighted by atomic mass is 32.2. The Morgan fingerprint density at radius 2 is 1.84 bits per heavy atom. The van der Waals surface area contributed by atoms with Crippen LogP contribution in [0.15, 0.2) is 38.4 Å². The molecule has 0 aliphatic heterocycles. The van der Waals surface area contributed by atoms with E-state index in [0.717, 1.165) is 46.1 Å². The van der Waals surface area contributed by atoms with Gasteiger partial charge in [0, 0.05) is 16.3 Å². The molecule has 0 unspecified atom stereocenters. The first kappa shape index (κ1) is 12.6. The molecular formula is C15H17NO2S. The Kier molecular flexibility index (Phi) is 3.53. The van der Waals surface area contributed by atoms with Gasteiger partial charge in [-0.05, 0) is 37.3 Å². The lowest BCUT2D eigenvalue weighted by Crippen LogP contribution is -2.03. The molecule has 0 fully saturated rings. The fourth-order valence-electron chi connectivity index (χ4n) is 2.43. The average molecular weight is 275 g/mol. The molecule has 3 rings (SSSR count). The molecule has 0 atom stereocenters. The summed E-state index contributed by atoms with van der Waals surface area (Å²) in [6.07, 6.45) is 5.44. The van der Waals surface area contributed by atoms with Gasteiger partial charge in [0.05, 0.1) is 17.4 Å². The van der Waals surface area contributed by atoms with Gasteiger partial charge in [-0.3, -0.25) is 0 Å². The maximum absolute atomic E-state index is 5.72. The van der Waals surface area contributed by atoms with Crippen LogP contribution in [0.4, 0.5) is 0 Å². The zero-order chi connectivity index (χ0) is 13.2. The number of hydrogen-bond acceptors (Lipinski definition) is 4. The molecule has 0 aliphatic rings. The van der Waals surface area contributed by atoms with Crippen molar-refractivity contribution in [2.24, 2.45) is 5.73 Å². The highest BCUT2D eigenvalue weighted by Crippen LogP contribution is 2.40. The number of hydrogen-bond donors (Lipinski definition) is 1.